The molecule has 2 heteroatoms. The highest BCUT2D eigenvalue weighted by atomic mass is 15.0. The number of rotatable bonds is 10. The van der Waals surface area contributed by atoms with E-state index in [9.17, 15) is 0 Å². The summed E-state index contributed by atoms with van der Waals surface area (Å²) in [5.41, 5.74) is 0. The van der Waals surface area contributed by atoms with Crippen LogP contribution in [0.15, 0.2) is 0 Å². The molecule has 2 N–H and O–H groups in total. The minimum atomic E-state index is 0.622. The molecule has 0 saturated heterocycles. The zero-order valence-electron chi connectivity index (χ0n) is 11.4. The molecule has 1 fully saturated rings. The van der Waals surface area contributed by atoms with Crippen LogP contribution in [0.2, 0.25) is 0 Å². The number of hydrogen-bond acceptors (Lipinski definition) is 2. The maximum Gasteiger partial charge on any atom is 0.0164 e. The first-order chi connectivity index (χ1) is 7.76. The van der Waals surface area contributed by atoms with Crippen LogP contribution in [0.5, 0.6) is 0 Å². The third kappa shape index (κ3) is 6.49. The average molecular weight is 226 g/mol. The molecule has 0 bridgehead atoms. The van der Waals surface area contributed by atoms with E-state index in [-0.39, 0.29) is 0 Å². The van der Waals surface area contributed by atoms with Gasteiger partial charge in [0.15, 0.2) is 0 Å². The molecule has 2 nitrogen and oxygen atoms in total. The summed E-state index contributed by atoms with van der Waals surface area (Å²) < 4.78 is 0. The minimum absolute atomic E-state index is 0.622. The van der Waals surface area contributed by atoms with Gasteiger partial charge in [0.05, 0.1) is 0 Å². The minimum Gasteiger partial charge on any atom is -0.313 e. The SMILES string of the molecule is CCCC(CCC)CNC(C)CNC1CC1. The van der Waals surface area contributed by atoms with Gasteiger partial charge in [0.25, 0.3) is 0 Å². The van der Waals surface area contributed by atoms with Crippen LogP contribution in [-0.2, 0) is 0 Å². The van der Waals surface area contributed by atoms with E-state index < -0.39 is 0 Å². The van der Waals surface area contributed by atoms with Crippen LogP contribution in [-0.4, -0.2) is 25.2 Å². The lowest BCUT2D eigenvalue weighted by Crippen LogP contribution is -2.39. The molecule has 0 amide bonds. The second-order valence-electron chi connectivity index (χ2n) is 5.44. The zero-order valence-corrected chi connectivity index (χ0v) is 11.4. The topological polar surface area (TPSA) is 24.1 Å². The molecule has 0 radical (unpaired) electrons. The highest BCUT2D eigenvalue weighted by molar-refractivity contribution is 4.82. The lowest BCUT2D eigenvalue weighted by molar-refractivity contribution is 0.380. The molecule has 1 atom stereocenters. The molecule has 1 saturated carbocycles. The second kappa shape index (κ2) is 8.08. The molecular formula is C14H30N2. The van der Waals surface area contributed by atoms with E-state index in [0.717, 1.165) is 18.5 Å². The van der Waals surface area contributed by atoms with Gasteiger partial charge in [-0.25, -0.2) is 0 Å². The van der Waals surface area contributed by atoms with Crippen LogP contribution in [0, 0.1) is 5.92 Å². The summed E-state index contributed by atoms with van der Waals surface area (Å²) in [6.07, 6.45) is 8.18. The standard InChI is InChI=1S/C14H30N2/c1-4-6-13(7-5-2)11-15-12(3)10-16-14-8-9-14/h12-16H,4-11H2,1-3H3. The van der Waals surface area contributed by atoms with E-state index in [1.165, 1.54) is 45.1 Å². The fourth-order valence-corrected chi connectivity index (χ4v) is 2.24. The first-order valence-electron chi connectivity index (χ1n) is 7.23. The van der Waals surface area contributed by atoms with Crippen LogP contribution in [0.1, 0.15) is 59.3 Å². The molecule has 96 valence electrons. The largest absolute Gasteiger partial charge is 0.313 e. The Balaban J connectivity index is 2.03. The van der Waals surface area contributed by atoms with Gasteiger partial charge in [-0.3, -0.25) is 0 Å². The summed E-state index contributed by atoms with van der Waals surface area (Å²) in [6.45, 7) is 9.22. The Hall–Kier alpha value is -0.0800. The van der Waals surface area contributed by atoms with E-state index >= 15 is 0 Å². The molecular weight excluding hydrogens is 196 g/mol. The van der Waals surface area contributed by atoms with Gasteiger partial charge in [-0.2, -0.15) is 0 Å². The second-order valence-corrected chi connectivity index (χ2v) is 5.44. The predicted molar refractivity (Wildman–Crippen MR) is 71.8 cm³/mol. The fourth-order valence-electron chi connectivity index (χ4n) is 2.24. The van der Waals surface area contributed by atoms with Crippen molar-refractivity contribution in [1.82, 2.24) is 10.6 Å². The van der Waals surface area contributed by atoms with Crippen LogP contribution in [0.25, 0.3) is 0 Å². The van der Waals surface area contributed by atoms with Crippen LogP contribution < -0.4 is 10.6 Å². The van der Waals surface area contributed by atoms with Crippen LogP contribution in [0.4, 0.5) is 0 Å². The Morgan fingerprint density at radius 3 is 2.19 bits per heavy atom. The summed E-state index contributed by atoms with van der Waals surface area (Å²) in [5, 5.41) is 7.25. The van der Waals surface area contributed by atoms with Crippen molar-refractivity contribution in [3.8, 4) is 0 Å². The molecule has 0 aromatic heterocycles. The zero-order chi connectivity index (χ0) is 11.8. The molecule has 16 heavy (non-hydrogen) atoms. The van der Waals surface area contributed by atoms with Gasteiger partial charge in [0.2, 0.25) is 0 Å². The van der Waals surface area contributed by atoms with Crippen molar-refractivity contribution in [2.45, 2.75) is 71.4 Å². The van der Waals surface area contributed by atoms with Crippen molar-refractivity contribution in [1.29, 1.82) is 0 Å². The van der Waals surface area contributed by atoms with Gasteiger partial charge < -0.3 is 10.6 Å². The lowest BCUT2D eigenvalue weighted by atomic mass is 9.98. The van der Waals surface area contributed by atoms with Gasteiger partial charge in [-0.05, 0) is 45.1 Å². The monoisotopic (exact) mass is 226 g/mol. The van der Waals surface area contributed by atoms with Gasteiger partial charge in [0.1, 0.15) is 0 Å². The Kier molecular flexibility index (Phi) is 7.06. The molecule has 1 rings (SSSR count). The lowest BCUT2D eigenvalue weighted by Gasteiger charge is -2.20. The van der Waals surface area contributed by atoms with Gasteiger partial charge in [0, 0.05) is 18.6 Å². The molecule has 0 aliphatic heterocycles. The molecule has 1 unspecified atom stereocenters. The smallest absolute Gasteiger partial charge is 0.0164 e. The van der Waals surface area contributed by atoms with Gasteiger partial charge >= 0.3 is 0 Å². The van der Waals surface area contributed by atoms with Crippen LogP contribution in [0.3, 0.4) is 0 Å². The number of nitrogens with one attached hydrogen (secondary N) is 2. The van der Waals surface area contributed by atoms with Crippen molar-refractivity contribution < 1.29 is 0 Å². The maximum atomic E-state index is 3.67. The third-order valence-corrected chi connectivity index (χ3v) is 3.44. The molecule has 0 spiro atoms. The molecule has 0 aromatic carbocycles. The molecule has 0 heterocycles. The Bertz CT molecular complexity index is 160. The summed E-state index contributed by atoms with van der Waals surface area (Å²) in [4.78, 5) is 0. The van der Waals surface area contributed by atoms with E-state index in [0.29, 0.717) is 6.04 Å². The Morgan fingerprint density at radius 2 is 1.69 bits per heavy atom. The van der Waals surface area contributed by atoms with Crippen molar-refractivity contribution in [3.63, 3.8) is 0 Å². The highest BCUT2D eigenvalue weighted by Crippen LogP contribution is 2.18. The van der Waals surface area contributed by atoms with Crippen LogP contribution >= 0.6 is 0 Å². The molecule has 1 aliphatic rings. The van der Waals surface area contributed by atoms with Gasteiger partial charge in [-0.1, -0.05) is 26.7 Å². The van der Waals surface area contributed by atoms with E-state index in [1.807, 2.05) is 0 Å². The van der Waals surface area contributed by atoms with Gasteiger partial charge in [-0.15, -0.1) is 0 Å². The normalized spacial score (nSPS) is 18.0. The number of hydrogen-bond donors (Lipinski definition) is 2. The van der Waals surface area contributed by atoms with Crippen molar-refractivity contribution in [2.75, 3.05) is 13.1 Å². The molecule has 0 aromatic rings. The summed E-state index contributed by atoms with van der Waals surface area (Å²) >= 11 is 0. The van der Waals surface area contributed by atoms with Crippen molar-refractivity contribution >= 4 is 0 Å². The highest BCUT2D eigenvalue weighted by Gasteiger charge is 2.20. The predicted octanol–water partition coefficient (Wildman–Crippen LogP) is 2.93. The third-order valence-electron chi connectivity index (χ3n) is 3.44. The molecule has 1 aliphatic carbocycles. The maximum absolute atomic E-state index is 3.67. The van der Waals surface area contributed by atoms with E-state index in [1.54, 1.807) is 0 Å². The average Bonchev–Trinajstić information content (AvgIpc) is 3.07. The van der Waals surface area contributed by atoms with E-state index in [2.05, 4.69) is 31.4 Å². The Morgan fingerprint density at radius 1 is 1.06 bits per heavy atom. The quantitative estimate of drug-likeness (QED) is 0.598. The summed E-state index contributed by atoms with van der Waals surface area (Å²) in [5.74, 6) is 0.887. The first-order valence-corrected chi connectivity index (χ1v) is 7.23. The van der Waals surface area contributed by atoms with Crippen molar-refractivity contribution in [3.05, 3.63) is 0 Å². The summed E-state index contributed by atoms with van der Waals surface area (Å²) in [6, 6.07) is 1.46. The fraction of sp³-hybridized carbons (Fsp3) is 1.00. The van der Waals surface area contributed by atoms with Crippen molar-refractivity contribution in [2.24, 2.45) is 5.92 Å². The first kappa shape index (κ1) is 14.0. The Labute approximate surface area is 102 Å². The van der Waals surface area contributed by atoms with E-state index in [4.69, 9.17) is 0 Å². The summed E-state index contributed by atoms with van der Waals surface area (Å²) in [7, 11) is 0.